The van der Waals surface area contributed by atoms with Gasteiger partial charge in [-0.25, -0.2) is 5.43 Å². The zero-order valence-electron chi connectivity index (χ0n) is 9.92. The van der Waals surface area contributed by atoms with Gasteiger partial charge in [0.05, 0.1) is 5.69 Å². The molecule has 0 saturated heterocycles. The fourth-order valence-electron chi connectivity index (χ4n) is 1.87. The van der Waals surface area contributed by atoms with E-state index in [1.807, 2.05) is 30.8 Å². The summed E-state index contributed by atoms with van der Waals surface area (Å²) in [6, 6.07) is 0.304. The van der Waals surface area contributed by atoms with E-state index in [2.05, 4.69) is 31.3 Å². The normalized spacial score (nSPS) is 13.6. The van der Waals surface area contributed by atoms with Crippen molar-refractivity contribution >= 4 is 0 Å². The average Bonchev–Trinajstić information content (AvgIpc) is 2.25. The number of nitrogens with one attached hydrogen (secondary N) is 1. The topological polar surface area (TPSA) is 33.1 Å². The molecule has 0 radical (unpaired) electrons. The van der Waals surface area contributed by atoms with E-state index in [0.29, 0.717) is 6.04 Å². The fourth-order valence-corrected chi connectivity index (χ4v) is 1.87. The predicted molar refractivity (Wildman–Crippen MR) is 57.9 cm³/mol. The van der Waals surface area contributed by atoms with Crippen LogP contribution in [0.4, 0.5) is 0 Å². The summed E-state index contributed by atoms with van der Waals surface area (Å²) < 4.78 is 1.93. The summed E-state index contributed by atoms with van der Waals surface area (Å²) in [5.41, 5.74) is 6.96. The second kappa shape index (κ2) is 4.11. The van der Waals surface area contributed by atoms with Crippen LogP contribution in [0.1, 0.15) is 29.9 Å². The molecule has 0 saturated carbocycles. The summed E-state index contributed by atoms with van der Waals surface area (Å²) in [7, 11) is 5.98. The van der Waals surface area contributed by atoms with Gasteiger partial charge in [0.15, 0.2) is 0 Å². The van der Waals surface area contributed by atoms with Crippen molar-refractivity contribution in [3.8, 4) is 0 Å². The molecular weight excluding hydrogens is 176 g/mol. The molecule has 1 N–H and O–H groups in total. The Morgan fingerprint density at radius 2 is 1.93 bits per heavy atom. The minimum absolute atomic E-state index is 0.304. The molecule has 0 bridgehead atoms. The Bertz CT molecular complexity index is 314. The molecule has 0 aromatic carbocycles. The van der Waals surface area contributed by atoms with Gasteiger partial charge in [-0.1, -0.05) is 0 Å². The van der Waals surface area contributed by atoms with Gasteiger partial charge < -0.3 is 0 Å². The molecule has 1 atom stereocenters. The molecule has 0 fully saturated rings. The maximum Gasteiger partial charge on any atom is 0.0644 e. The van der Waals surface area contributed by atoms with Crippen molar-refractivity contribution in [1.82, 2.24) is 20.2 Å². The molecule has 0 amide bonds. The lowest BCUT2D eigenvalue weighted by atomic mass is 10.1. The van der Waals surface area contributed by atoms with Gasteiger partial charge in [0.2, 0.25) is 0 Å². The van der Waals surface area contributed by atoms with Crippen LogP contribution >= 0.6 is 0 Å². The van der Waals surface area contributed by atoms with Gasteiger partial charge in [-0.2, -0.15) is 5.10 Å². The highest BCUT2D eigenvalue weighted by molar-refractivity contribution is 5.27. The first-order valence-electron chi connectivity index (χ1n) is 4.87. The van der Waals surface area contributed by atoms with Gasteiger partial charge in [-0.05, 0) is 20.8 Å². The van der Waals surface area contributed by atoms with Crippen LogP contribution in [0.2, 0.25) is 0 Å². The molecule has 1 unspecified atom stereocenters. The summed E-state index contributed by atoms with van der Waals surface area (Å²) in [6.45, 7) is 6.30. The van der Waals surface area contributed by atoms with Gasteiger partial charge in [-0.3, -0.25) is 9.69 Å². The molecule has 0 aliphatic carbocycles. The van der Waals surface area contributed by atoms with Crippen LogP contribution in [0.3, 0.4) is 0 Å². The minimum Gasteiger partial charge on any atom is -0.272 e. The van der Waals surface area contributed by atoms with Crippen molar-refractivity contribution in [1.29, 1.82) is 0 Å². The molecule has 0 aliphatic heterocycles. The van der Waals surface area contributed by atoms with E-state index >= 15 is 0 Å². The molecule has 4 nitrogen and oxygen atoms in total. The van der Waals surface area contributed by atoms with E-state index in [9.17, 15) is 0 Å². The standard InChI is InChI=1S/C10H20N4/c1-7(11-13(4)5)10-8(2)12-14(6)9(10)3/h7,11H,1-6H3. The molecule has 0 aliphatic rings. The summed E-state index contributed by atoms with van der Waals surface area (Å²) in [6.07, 6.45) is 0. The number of aromatic nitrogens is 2. The summed E-state index contributed by atoms with van der Waals surface area (Å²) >= 11 is 0. The average molecular weight is 196 g/mol. The summed E-state index contributed by atoms with van der Waals surface area (Å²) in [5, 5.41) is 6.37. The van der Waals surface area contributed by atoms with Crippen molar-refractivity contribution in [3.05, 3.63) is 17.0 Å². The van der Waals surface area contributed by atoms with Crippen LogP contribution in [-0.2, 0) is 7.05 Å². The number of hydrogen-bond donors (Lipinski definition) is 1. The number of aryl methyl sites for hydroxylation is 2. The zero-order chi connectivity index (χ0) is 10.9. The maximum atomic E-state index is 4.40. The zero-order valence-corrected chi connectivity index (χ0v) is 9.92. The van der Waals surface area contributed by atoms with Crippen LogP contribution < -0.4 is 5.43 Å². The first kappa shape index (κ1) is 11.2. The Kier molecular flexibility index (Phi) is 3.29. The van der Waals surface area contributed by atoms with Gasteiger partial charge in [-0.15, -0.1) is 0 Å². The fraction of sp³-hybridized carbons (Fsp3) is 0.700. The van der Waals surface area contributed by atoms with Crippen molar-refractivity contribution in [2.75, 3.05) is 14.1 Å². The Morgan fingerprint density at radius 1 is 1.36 bits per heavy atom. The monoisotopic (exact) mass is 196 g/mol. The van der Waals surface area contributed by atoms with Gasteiger partial charge in [0.1, 0.15) is 0 Å². The molecule has 1 aromatic heterocycles. The Hall–Kier alpha value is -0.870. The Balaban J connectivity index is 2.94. The number of hydrogen-bond acceptors (Lipinski definition) is 3. The minimum atomic E-state index is 0.304. The lowest BCUT2D eigenvalue weighted by Gasteiger charge is -2.19. The lowest BCUT2D eigenvalue weighted by Crippen LogP contribution is -2.33. The van der Waals surface area contributed by atoms with Crippen molar-refractivity contribution in [2.45, 2.75) is 26.8 Å². The molecule has 4 heteroatoms. The Labute approximate surface area is 85.9 Å². The SMILES string of the molecule is Cc1nn(C)c(C)c1C(C)NN(C)C. The molecule has 1 rings (SSSR count). The molecule has 14 heavy (non-hydrogen) atoms. The van der Waals surface area contributed by atoms with Crippen LogP contribution in [0.25, 0.3) is 0 Å². The molecule has 1 heterocycles. The first-order valence-corrected chi connectivity index (χ1v) is 4.87. The smallest absolute Gasteiger partial charge is 0.0644 e. The van der Waals surface area contributed by atoms with E-state index in [0.717, 1.165) is 5.69 Å². The molecule has 1 aromatic rings. The van der Waals surface area contributed by atoms with Crippen molar-refractivity contribution in [2.24, 2.45) is 7.05 Å². The predicted octanol–water partition coefficient (Wildman–Crippen LogP) is 1.16. The summed E-state index contributed by atoms with van der Waals surface area (Å²) in [5.74, 6) is 0. The van der Waals surface area contributed by atoms with E-state index in [-0.39, 0.29) is 0 Å². The number of nitrogens with zero attached hydrogens (tertiary/aromatic N) is 3. The highest BCUT2D eigenvalue weighted by Gasteiger charge is 2.15. The van der Waals surface area contributed by atoms with Crippen molar-refractivity contribution in [3.63, 3.8) is 0 Å². The van der Waals surface area contributed by atoms with E-state index < -0.39 is 0 Å². The van der Waals surface area contributed by atoms with E-state index in [4.69, 9.17) is 0 Å². The van der Waals surface area contributed by atoms with Gasteiger partial charge in [0.25, 0.3) is 0 Å². The van der Waals surface area contributed by atoms with Gasteiger partial charge in [0, 0.05) is 38.4 Å². The van der Waals surface area contributed by atoms with E-state index in [1.165, 1.54) is 11.3 Å². The van der Waals surface area contributed by atoms with E-state index in [1.54, 1.807) is 0 Å². The Morgan fingerprint density at radius 3 is 2.29 bits per heavy atom. The van der Waals surface area contributed by atoms with Crippen LogP contribution in [-0.4, -0.2) is 28.9 Å². The first-order chi connectivity index (χ1) is 6.43. The maximum absolute atomic E-state index is 4.40. The van der Waals surface area contributed by atoms with Gasteiger partial charge >= 0.3 is 0 Å². The highest BCUT2D eigenvalue weighted by atomic mass is 15.5. The molecular formula is C10H20N4. The third-order valence-corrected chi connectivity index (χ3v) is 2.45. The second-order valence-corrected chi connectivity index (χ2v) is 3.95. The molecule has 0 spiro atoms. The third kappa shape index (κ3) is 2.13. The highest BCUT2D eigenvalue weighted by Crippen LogP contribution is 2.20. The number of hydrazine groups is 1. The third-order valence-electron chi connectivity index (χ3n) is 2.45. The quantitative estimate of drug-likeness (QED) is 0.737. The van der Waals surface area contributed by atoms with Crippen LogP contribution in [0, 0.1) is 13.8 Å². The number of rotatable bonds is 3. The van der Waals surface area contributed by atoms with Crippen molar-refractivity contribution < 1.29 is 0 Å². The molecule has 80 valence electrons. The lowest BCUT2D eigenvalue weighted by molar-refractivity contribution is 0.251. The second-order valence-electron chi connectivity index (χ2n) is 3.95. The largest absolute Gasteiger partial charge is 0.272 e. The summed E-state index contributed by atoms with van der Waals surface area (Å²) in [4.78, 5) is 0. The van der Waals surface area contributed by atoms with Crippen LogP contribution in [0.15, 0.2) is 0 Å². The van der Waals surface area contributed by atoms with Crippen LogP contribution in [0.5, 0.6) is 0 Å².